The van der Waals surface area contributed by atoms with Crippen LogP contribution < -0.4 is 0 Å². The van der Waals surface area contributed by atoms with E-state index in [9.17, 15) is 19.3 Å². The molecule has 8 heteroatoms. The molecule has 4 rings (SSSR count). The third-order valence-corrected chi connectivity index (χ3v) is 3.98. The zero-order valence-corrected chi connectivity index (χ0v) is 14.2. The SMILES string of the molecule is O=C1OC(c2ccc(F)cc2)=N/C1=C\c1ccc(-c2ccccc2[N+](=O)[O-])o1. The number of nitro benzene ring substituents is 1. The molecule has 0 fully saturated rings. The highest BCUT2D eigenvalue weighted by molar-refractivity contribution is 6.12. The van der Waals surface area contributed by atoms with Gasteiger partial charge in [-0.1, -0.05) is 12.1 Å². The average Bonchev–Trinajstić information content (AvgIpc) is 3.30. The van der Waals surface area contributed by atoms with Crippen molar-refractivity contribution in [1.29, 1.82) is 0 Å². The van der Waals surface area contributed by atoms with E-state index in [1.54, 1.807) is 30.3 Å². The Morgan fingerprint density at radius 3 is 2.54 bits per heavy atom. The predicted molar refractivity (Wildman–Crippen MR) is 97.8 cm³/mol. The standard InChI is InChI=1S/C20H11FN2O5/c21-13-7-5-12(6-8-13)19-22-16(20(24)28-19)11-14-9-10-18(27-14)15-3-1-2-4-17(15)23(25)26/h1-11H/b16-11-. The summed E-state index contributed by atoms with van der Waals surface area (Å²) in [5.41, 5.74) is 0.690. The molecular weight excluding hydrogens is 367 g/mol. The van der Waals surface area contributed by atoms with E-state index in [1.807, 2.05) is 0 Å². The molecule has 1 aromatic heterocycles. The van der Waals surface area contributed by atoms with Crippen molar-refractivity contribution in [2.75, 3.05) is 0 Å². The van der Waals surface area contributed by atoms with Gasteiger partial charge < -0.3 is 9.15 Å². The summed E-state index contributed by atoms with van der Waals surface area (Å²) in [6.45, 7) is 0. The zero-order chi connectivity index (χ0) is 19.7. The molecule has 0 bridgehead atoms. The summed E-state index contributed by atoms with van der Waals surface area (Å²) in [6.07, 6.45) is 1.37. The lowest BCUT2D eigenvalue weighted by molar-refractivity contribution is -0.384. The smallest absolute Gasteiger partial charge is 0.363 e. The van der Waals surface area contributed by atoms with Crippen LogP contribution in [0.3, 0.4) is 0 Å². The largest absolute Gasteiger partial charge is 0.456 e. The molecule has 2 aromatic carbocycles. The second kappa shape index (κ2) is 6.92. The molecular formula is C20H11FN2O5. The van der Waals surface area contributed by atoms with Gasteiger partial charge in [0.2, 0.25) is 5.90 Å². The van der Waals surface area contributed by atoms with Crippen LogP contribution in [-0.2, 0) is 9.53 Å². The molecule has 0 amide bonds. The third-order valence-electron chi connectivity index (χ3n) is 3.98. The Kier molecular flexibility index (Phi) is 4.29. The van der Waals surface area contributed by atoms with Gasteiger partial charge in [-0.05, 0) is 42.5 Å². The fourth-order valence-corrected chi connectivity index (χ4v) is 2.68. The second-order valence-corrected chi connectivity index (χ2v) is 5.82. The highest BCUT2D eigenvalue weighted by Gasteiger charge is 2.25. The summed E-state index contributed by atoms with van der Waals surface area (Å²) >= 11 is 0. The van der Waals surface area contributed by atoms with Crippen molar-refractivity contribution in [2.24, 2.45) is 4.99 Å². The Hall–Kier alpha value is -4.07. The lowest BCUT2D eigenvalue weighted by Crippen LogP contribution is -2.05. The number of benzene rings is 2. The lowest BCUT2D eigenvalue weighted by atomic mass is 10.1. The first kappa shape index (κ1) is 17.3. The van der Waals surface area contributed by atoms with Gasteiger partial charge in [-0.25, -0.2) is 14.2 Å². The molecule has 0 unspecified atom stereocenters. The van der Waals surface area contributed by atoms with Crippen molar-refractivity contribution >= 4 is 23.6 Å². The van der Waals surface area contributed by atoms with Gasteiger partial charge in [-0.15, -0.1) is 0 Å². The number of aliphatic imine (C=N–C) groups is 1. The van der Waals surface area contributed by atoms with Gasteiger partial charge in [0.1, 0.15) is 17.3 Å². The number of halogens is 1. The van der Waals surface area contributed by atoms with Crippen LogP contribution in [0.4, 0.5) is 10.1 Å². The normalized spacial score (nSPS) is 14.8. The second-order valence-electron chi connectivity index (χ2n) is 5.82. The zero-order valence-electron chi connectivity index (χ0n) is 14.2. The monoisotopic (exact) mass is 378 g/mol. The molecule has 0 spiro atoms. The molecule has 1 aliphatic heterocycles. The van der Waals surface area contributed by atoms with Gasteiger partial charge in [-0.2, -0.15) is 0 Å². The van der Waals surface area contributed by atoms with E-state index in [0.29, 0.717) is 11.1 Å². The van der Waals surface area contributed by atoms with Gasteiger partial charge in [-0.3, -0.25) is 10.1 Å². The summed E-state index contributed by atoms with van der Waals surface area (Å²) in [5.74, 6) is -0.468. The van der Waals surface area contributed by atoms with Crippen LogP contribution in [0.25, 0.3) is 17.4 Å². The Labute approximate surface area is 157 Å². The molecule has 7 nitrogen and oxygen atoms in total. The van der Waals surface area contributed by atoms with Gasteiger partial charge in [0.05, 0.1) is 10.5 Å². The molecule has 28 heavy (non-hydrogen) atoms. The first-order valence-electron chi connectivity index (χ1n) is 8.13. The fraction of sp³-hybridized carbons (Fsp3) is 0. The van der Waals surface area contributed by atoms with E-state index in [1.165, 1.54) is 36.4 Å². The van der Waals surface area contributed by atoms with Gasteiger partial charge in [0.15, 0.2) is 5.70 Å². The molecule has 2 heterocycles. The summed E-state index contributed by atoms with van der Waals surface area (Å²) in [5, 5.41) is 11.2. The molecule has 138 valence electrons. The molecule has 0 N–H and O–H groups in total. The van der Waals surface area contributed by atoms with Crippen molar-refractivity contribution in [3.8, 4) is 11.3 Å². The maximum Gasteiger partial charge on any atom is 0.363 e. The van der Waals surface area contributed by atoms with E-state index in [2.05, 4.69) is 4.99 Å². The number of hydrogen-bond acceptors (Lipinski definition) is 6. The predicted octanol–water partition coefficient (Wildman–Crippen LogP) is 4.34. The van der Waals surface area contributed by atoms with Crippen molar-refractivity contribution in [3.05, 3.63) is 93.6 Å². The van der Waals surface area contributed by atoms with Gasteiger partial charge in [0.25, 0.3) is 5.69 Å². The Bertz CT molecular complexity index is 1150. The highest BCUT2D eigenvalue weighted by atomic mass is 19.1. The van der Waals surface area contributed by atoms with Crippen molar-refractivity contribution in [2.45, 2.75) is 0 Å². The number of carbonyl (C=O) groups excluding carboxylic acids is 1. The quantitative estimate of drug-likeness (QED) is 0.291. The van der Waals surface area contributed by atoms with E-state index in [4.69, 9.17) is 9.15 Å². The average molecular weight is 378 g/mol. The molecule has 0 aliphatic carbocycles. The van der Waals surface area contributed by atoms with E-state index < -0.39 is 16.7 Å². The summed E-state index contributed by atoms with van der Waals surface area (Å²) in [4.78, 5) is 26.8. The van der Waals surface area contributed by atoms with Crippen LogP contribution in [0.1, 0.15) is 11.3 Å². The van der Waals surface area contributed by atoms with Crippen molar-refractivity contribution in [1.82, 2.24) is 0 Å². The van der Waals surface area contributed by atoms with Crippen LogP contribution >= 0.6 is 0 Å². The fourth-order valence-electron chi connectivity index (χ4n) is 2.68. The molecule has 0 saturated heterocycles. The molecule has 0 saturated carbocycles. The summed E-state index contributed by atoms with van der Waals surface area (Å²) < 4.78 is 23.7. The third kappa shape index (κ3) is 3.30. The van der Waals surface area contributed by atoms with Crippen molar-refractivity contribution in [3.63, 3.8) is 0 Å². The van der Waals surface area contributed by atoms with Crippen LogP contribution in [0, 0.1) is 15.9 Å². The van der Waals surface area contributed by atoms with E-state index in [-0.39, 0.29) is 28.8 Å². The maximum absolute atomic E-state index is 13.0. The Morgan fingerprint density at radius 2 is 1.79 bits per heavy atom. The first-order chi connectivity index (χ1) is 13.5. The van der Waals surface area contributed by atoms with Gasteiger partial charge in [0, 0.05) is 17.7 Å². The molecule has 0 atom stereocenters. The number of esters is 1. The Morgan fingerprint density at radius 1 is 1.04 bits per heavy atom. The Balaban J connectivity index is 1.65. The van der Waals surface area contributed by atoms with E-state index in [0.717, 1.165) is 0 Å². The number of nitro groups is 1. The number of para-hydroxylation sites is 1. The minimum Gasteiger partial charge on any atom is -0.456 e. The van der Waals surface area contributed by atoms with Crippen LogP contribution in [-0.4, -0.2) is 16.8 Å². The van der Waals surface area contributed by atoms with E-state index >= 15 is 0 Å². The number of rotatable bonds is 4. The number of nitrogens with zero attached hydrogens (tertiary/aromatic N) is 2. The van der Waals surface area contributed by atoms with Crippen LogP contribution in [0.2, 0.25) is 0 Å². The minimum absolute atomic E-state index is 0.00258. The molecule has 3 aromatic rings. The number of furan rings is 1. The number of cyclic esters (lactones) is 1. The highest BCUT2D eigenvalue weighted by Crippen LogP contribution is 2.31. The summed E-state index contributed by atoms with van der Waals surface area (Å²) in [7, 11) is 0. The van der Waals surface area contributed by atoms with Crippen molar-refractivity contribution < 1.29 is 23.3 Å². The lowest BCUT2D eigenvalue weighted by Gasteiger charge is -1.98. The first-order valence-corrected chi connectivity index (χ1v) is 8.13. The van der Waals surface area contributed by atoms with Crippen LogP contribution in [0.15, 0.2) is 75.8 Å². The van der Waals surface area contributed by atoms with Gasteiger partial charge >= 0.3 is 5.97 Å². The maximum atomic E-state index is 13.0. The number of ether oxygens (including phenoxy) is 1. The molecule has 1 aliphatic rings. The minimum atomic E-state index is -0.678. The topological polar surface area (TPSA) is 94.9 Å². The van der Waals surface area contributed by atoms with Crippen LogP contribution in [0.5, 0.6) is 0 Å². The number of carbonyl (C=O) groups is 1. The summed E-state index contributed by atoms with van der Waals surface area (Å²) in [6, 6.07) is 14.7. The number of hydrogen-bond donors (Lipinski definition) is 0. The molecule has 0 radical (unpaired) electrons.